The first-order valence-corrected chi connectivity index (χ1v) is 5.21. The number of hydrogen-bond donors (Lipinski definition) is 1. The third-order valence-corrected chi connectivity index (χ3v) is 3.40. The van der Waals surface area contributed by atoms with Crippen LogP contribution in [-0.4, -0.2) is 0 Å². The maximum absolute atomic E-state index is 13.4. The molecule has 0 spiro atoms. The third-order valence-electron chi connectivity index (χ3n) is 1.60. The van der Waals surface area contributed by atoms with Gasteiger partial charge in [0.1, 0.15) is 0 Å². The summed E-state index contributed by atoms with van der Waals surface area (Å²) in [5.41, 5.74) is 5.56. The van der Waals surface area contributed by atoms with Crippen LogP contribution < -0.4 is 5.73 Å². The minimum atomic E-state index is -0.158. The van der Waals surface area contributed by atoms with Crippen molar-refractivity contribution in [1.82, 2.24) is 0 Å². The first-order valence-electron chi connectivity index (χ1n) is 3.31. The molecule has 0 amide bonds. The fourth-order valence-corrected chi connectivity index (χ4v) is 2.56. The second-order valence-electron chi connectivity index (χ2n) is 2.43. The van der Waals surface area contributed by atoms with Crippen LogP contribution in [0.5, 0.6) is 0 Å². The molecule has 0 saturated heterocycles. The molecule has 0 aliphatic rings. The third kappa shape index (κ3) is 1.19. The summed E-state index contributed by atoms with van der Waals surface area (Å²) in [4.78, 5) is 0. The molecule has 1 heterocycles. The highest BCUT2D eigenvalue weighted by Crippen LogP contribution is 2.31. The molecular weight excluding hydrogens is 288 g/mol. The molecule has 12 heavy (non-hydrogen) atoms. The first kappa shape index (κ1) is 8.25. The lowest BCUT2D eigenvalue weighted by Gasteiger charge is -1.93. The molecule has 0 bridgehead atoms. The van der Waals surface area contributed by atoms with Crippen LogP contribution in [0.4, 0.5) is 9.39 Å². The number of nitrogens with two attached hydrogens (primary N) is 1. The molecule has 0 saturated carbocycles. The van der Waals surface area contributed by atoms with Gasteiger partial charge in [-0.25, -0.2) is 4.39 Å². The van der Waals surface area contributed by atoms with Crippen LogP contribution in [0.2, 0.25) is 0 Å². The summed E-state index contributed by atoms with van der Waals surface area (Å²) < 4.78 is 14.7. The average molecular weight is 293 g/mol. The normalized spacial score (nSPS) is 10.8. The van der Waals surface area contributed by atoms with Gasteiger partial charge in [-0.15, -0.1) is 11.3 Å². The predicted molar refractivity (Wildman–Crippen MR) is 58.9 cm³/mol. The minimum Gasteiger partial charge on any atom is -0.391 e. The van der Waals surface area contributed by atoms with Gasteiger partial charge in [0.25, 0.3) is 0 Å². The van der Waals surface area contributed by atoms with Gasteiger partial charge in [0.05, 0.1) is 13.3 Å². The van der Waals surface area contributed by atoms with Crippen LogP contribution in [-0.2, 0) is 0 Å². The zero-order chi connectivity index (χ0) is 8.72. The Balaban J connectivity index is 2.89. The number of thiophene rings is 1. The molecule has 0 unspecified atom stereocenters. The topological polar surface area (TPSA) is 26.0 Å². The summed E-state index contributed by atoms with van der Waals surface area (Å²) in [5, 5.41) is 1.54. The number of benzene rings is 1. The van der Waals surface area contributed by atoms with Gasteiger partial charge in [-0.2, -0.15) is 0 Å². The Hall–Kier alpha value is -0.360. The van der Waals surface area contributed by atoms with Crippen molar-refractivity contribution in [2.24, 2.45) is 0 Å². The van der Waals surface area contributed by atoms with Crippen LogP contribution in [0, 0.1) is 9.39 Å². The summed E-state index contributed by atoms with van der Waals surface area (Å²) in [6.45, 7) is 0. The van der Waals surface area contributed by atoms with E-state index in [0.29, 0.717) is 13.3 Å². The lowest BCUT2D eigenvalue weighted by atomic mass is 10.2. The van der Waals surface area contributed by atoms with Gasteiger partial charge in [-0.05, 0) is 40.1 Å². The van der Waals surface area contributed by atoms with Gasteiger partial charge < -0.3 is 5.73 Å². The predicted octanol–water partition coefficient (Wildman–Crippen LogP) is 3.23. The van der Waals surface area contributed by atoms with E-state index in [2.05, 4.69) is 0 Å². The Kier molecular flexibility index (Phi) is 1.96. The van der Waals surface area contributed by atoms with E-state index < -0.39 is 0 Å². The van der Waals surface area contributed by atoms with Crippen LogP contribution in [0.1, 0.15) is 0 Å². The van der Waals surface area contributed by atoms with Gasteiger partial charge in [0, 0.05) is 0 Å². The molecule has 4 heteroatoms. The zero-order valence-corrected chi connectivity index (χ0v) is 8.95. The van der Waals surface area contributed by atoms with E-state index in [1.54, 1.807) is 12.1 Å². The standard InChI is InChI=1S/C8H5FINS/c9-7-5(10)2-1-4-3-6(11)12-8(4)7/h1-3H,11H2. The van der Waals surface area contributed by atoms with Gasteiger partial charge in [0.2, 0.25) is 0 Å². The van der Waals surface area contributed by atoms with E-state index in [1.807, 2.05) is 28.7 Å². The van der Waals surface area contributed by atoms with E-state index in [1.165, 1.54) is 11.3 Å². The fraction of sp³-hybridized carbons (Fsp3) is 0. The maximum atomic E-state index is 13.4. The Morgan fingerprint density at radius 1 is 1.42 bits per heavy atom. The summed E-state index contributed by atoms with van der Waals surface area (Å²) in [6.07, 6.45) is 0. The molecule has 0 atom stereocenters. The number of fused-ring (bicyclic) bond motifs is 1. The van der Waals surface area contributed by atoms with Crippen molar-refractivity contribution >= 4 is 49.0 Å². The van der Waals surface area contributed by atoms with Crippen molar-refractivity contribution in [3.8, 4) is 0 Å². The van der Waals surface area contributed by atoms with Crippen molar-refractivity contribution in [3.63, 3.8) is 0 Å². The molecule has 0 aliphatic carbocycles. The Morgan fingerprint density at radius 2 is 2.17 bits per heavy atom. The van der Waals surface area contributed by atoms with Gasteiger partial charge >= 0.3 is 0 Å². The van der Waals surface area contributed by atoms with Gasteiger partial charge in [0.15, 0.2) is 5.82 Å². The molecule has 0 fully saturated rings. The monoisotopic (exact) mass is 293 g/mol. The van der Waals surface area contributed by atoms with Crippen LogP contribution in [0.25, 0.3) is 10.1 Å². The lowest BCUT2D eigenvalue weighted by Crippen LogP contribution is -1.78. The molecule has 2 aromatic rings. The highest BCUT2D eigenvalue weighted by atomic mass is 127. The SMILES string of the molecule is Nc1cc2ccc(I)c(F)c2s1. The molecule has 0 aliphatic heterocycles. The summed E-state index contributed by atoms with van der Waals surface area (Å²) in [5.74, 6) is -0.158. The summed E-state index contributed by atoms with van der Waals surface area (Å²) >= 11 is 3.26. The van der Waals surface area contributed by atoms with E-state index in [4.69, 9.17) is 5.73 Å². The highest BCUT2D eigenvalue weighted by molar-refractivity contribution is 14.1. The largest absolute Gasteiger partial charge is 0.391 e. The first-order chi connectivity index (χ1) is 5.68. The fourth-order valence-electron chi connectivity index (χ4n) is 1.06. The Morgan fingerprint density at radius 3 is 2.92 bits per heavy atom. The number of anilines is 1. The molecule has 2 N–H and O–H groups in total. The van der Waals surface area contributed by atoms with Crippen molar-refractivity contribution in [1.29, 1.82) is 0 Å². The molecule has 0 radical (unpaired) electrons. The summed E-state index contributed by atoms with van der Waals surface area (Å²) in [7, 11) is 0. The van der Waals surface area contributed by atoms with Crippen molar-refractivity contribution < 1.29 is 4.39 Å². The smallest absolute Gasteiger partial charge is 0.154 e. The van der Waals surface area contributed by atoms with E-state index >= 15 is 0 Å². The molecule has 1 nitrogen and oxygen atoms in total. The number of nitrogen functional groups attached to an aromatic ring is 1. The van der Waals surface area contributed by atoms with E-state index in [-0.39, 0.29) is 5.82 Å². The van der Waals surface area contributed by atoms with Crippen molar-refractivity contribution in [3.05, 3.63) is 27.6 Å². The van der Waals surface area contributed by atoms with E-state index in [9.17, 15) is 4.39 Å². The van der Waals surface area contributed by atoms with Crippen molar-refractivity contribution in [2.45, 2.75) is 0 Å². The minimum absolute atomic E-state index is 0.158. The molecule has 1 aromatic carbocycles. The van der Waals surface area contributed by atoms with Crippen LogP contribution >= 0.6 is 33.9 Å². The highest BCUT2D eigenvalue weighted by Gasteiger charge is 2.07. The Labute approximate surface area is 86.5 Å². The van der Waals surface area contributed by atoms with Crippen LogP contribution in [0.15, 0.2) is 18.2 Å². The van der Waals surface area contributed by atoms with Crippen LogP contribution in [0.3, 0.4) is 0 Å². The quantitative estimate of drug-likeness (QED) is 0.741. The molecular formula is C8H5FINS. The summed E-state index contributed by atoms with van der Waals surface area (Å²) in [6, 6.07) is 5.43. The van der Waals surface area contributed by atoms with Crippen molar-refractivity contribution in [2.75, 3.05) is 5.73 Å². The molecule has 62 valence electrons. The average Bonchev–Trinajstić information content (AvgIpc) is 2.39. The van der Waals surface area contributed by atoms with Gasteiger partial charge in [-0.3, -0.25) is 0 Å². The zero-order valence-electron chi connectivity index (χ0n) is 5.97. The maximum Gasteiger partial charge on any atom is 0.154 e. The second kappa shape index (κ2) is 2.85. The Bertz CT molecular complexity index is 438. The number of halogens is 2. The van der Waals surface area contributed by atoms with E-state index in [0.717, 1.165) is 5.39 Å². The van der Waals surface area contributed by atoms with Gasteiger partial charge in [-0.1, -0.05) is 6.07 Å². The number of hydrogen-bond acceptors (Lipinski definition) is 2. The number of rotatable bonds is 0. The molecule has 2 rings (SSSR count). The molecule has 1 aromatic heterocycles. The lowest BCUT2D eigenvalue weighted by molar-refractivity contribution is 0.634. The second-order valence-corrected chi connectivity index (χ2v) is 4.67.